The van der Waals surface area contributed by atoms with E-state index >= 15 is 0 Å². The number of rotatable bonds is 2. The molecule has 1 aliphatic rings. The highest BCUT2D eigenvalue weighted by Gasteiger charge is 2.25. The van der Waals surface area contributed by atoms with Crippen LogP contribution in [0.2, 0.25) is 0 Å². The minimum absolute atomic E-state index is 0. The second-order valence-corrected chi connectivity index (χ2v) is 4.91. The quantitative estimate of drug-likeness (QED) is 0.877. The largest absolute Gasteiger partial charge is 0.338 e. The summed E-state index contributed by atoms with van der Waals surface area (Å²) in [5, 5.41) is 3.86. The average Bonchev–Trinajstić information content (AvgIpc) is 2.75. The fourth-order valence-corrected chi connectivity index (χ4v) is 2.57. The standard InChI is InChI=1S/C10H16N4OS.ClH/c1-7-9(16-13-12-7)10(15)14-4-2-8(6-11)3-5-14;/h8H,2-6,11H2,1H3;1H. The number of hydrogen-bond donors (Lipinski definition) is 1. The Labute approximate surface area is 111 Å². The summed E-state index contributed by atoms with van der Waals surface area (Å²) in [6, 6.07) is 0. The number of nitrogens with zero attached hydrogens (tertiary/aromatic N) is 3. The van der Waals surface area contributed by atoms with E-state index in [4.69, 9.17) is 5.73 Å². The normalized spacial score (nSPS) is 16.7. The van der Waals surface area contributed by atoms with Gasteiger partial charge < -0.3 is 10.6 Å². The Kier molecular flexibility index (Phi) is 5.30. The highest BCUT2D eigenvalue weighted by Crippen LogP contribution is 2.20. The van der Waals surface area contributed by atoms with Gasteiger partial charge in [0.05, 0.1) is 5.69 Å². The van der Waals surface area contributed by atoms with Gasteiger partial charge in [0.2, 0.25) is 0 Å². The van der Waals surface area contributed by atoms with E-state index in [1.807, 2.05) is 11.8 Å². The predicted octanol–water partition coefficient (Wildman–Crippen LogP) is 1.08. The first-order valence-corrected chi connectivity index (χ1v) is 6.28. The molecule has 1 aliphatic heterocycles. The van der Waals surface area contributed by atoms with Crippen molar-refractivity contribution in [3.8, 4) is 0 Å². The van der Waals surface area contributed by atoms with Crippen molar-refractivity contribution in [2.24, 2.45) is 11.7 Å². The average molecular weight is 277 g/mol. The molecule has 2 heterocycles. The third-order valence-corrected chi connectivity index (χ3v) is 3.90. The molecule has 7 heteroatoms. The molecule has 2 rings (SSSR count). The number of aryl methyl sites for hydroxylation is 1. The van der Waals surface area contributed by atoms with E-state index < -0.39 is 0 Å². The maximum atomic E-state index is 12.1. The molecule has 1 saturated heterocycles. The molecule has 5 nitrogen and oxygen atoms in total. The molecule has 17 heavy (non-hydrogen) atoms. The number of amides is 1. The number of piperidine rings is 1. The van der Waals surface area contributed by atoms with Crippen LogP contribution in [0.15, 0.2) is 0 Å². The number of likely N-dealkylation sites (tertiary alicyclic amines) is 1. The molecule has 2 N–H and O–H groups in total. The Morgan fingerprint density at radius 2 is 2.18 bits per heavy atom. The maximum Gasteiger partial charge on any atom is 0.267 e. The van der Waals surface area contributed by atoms with Gasteiger partial charge in [-0.3, -0.25) is 4.79 Å². The van der Waals surface area contributed by atoms with E-state index in [2.05, 4.69) is 9.59 Å². The first kappa shape index (κ1) is 14.3. The van der Waals surface area contributed by atoms with E-state index in [1.54, 1.807) is 0 Å². The molecule has 0 saturated carbocycles. The molecule has 0 atom stereocenters. The first-order chi connectivity index (χ1) is 7.72. The molecular weight excluding hydrogens is 260 g/mol. The fourth-order valence-electron chi connectivity index (χ4n) is 1.94. The van der Waals surface area contributed by atoms with E-state index in [0.717, 1.165) is 38.2 Å². The molecule has 0 spiro atoms. The van der Waals surface area contributed by atoms with Crippen LogP contribution in [0.5, 0.6) is 0 Å². The van der Waals surface area contributed by atoms with Crippen molar-refractivity contribution < 1.29 is 4.79 Å². The molecule has 0 radical (unpaired) electrons. The lowest BCUT2D eigenvalue weighted by atomic mass is 9.97. The van der Waals surface area contributed by atoms with Gasteiger partial charge in [-0.05, 0) is 43.8 Å². The number of halogens is 1. The molecule has 0 aliphatic carbocycles. The van der Waals surface area contributed by atoms with Gasteiger partial charge in [-0.25, -0.2) is 0 Å². The van der Waals surface area contributed by atoms with Crippen LogP contribution < -0.4 is 5.73 Å². The Morgan fingerprint density at radius 1 is 1.53 bits per heavy atom. The van der Waals surface area contributed by atoms with Gasteiger partial charge in [-0.1, -0.05) is 4.49 Å². The van der Waals surface area contributed by atoms with Crippen LogP contribution in [-0.4, -0.2) is 40.0 Å². The second-order valence-electron chi connectivity index (χ2n) is 4.16. The summed E-state index contributed by atoms with van der Waals surface area (Å²) >= 11 is 1.18. The molecule has 0 unspecified atom stereocenters. The molecule has 1 aromatic heterocycles. The van der Waals surface area contributed by atoms with Gasteiger partial charge in [0.25, 0.3) is 5.91 Å². The van der Waals surface area contributed by atoms with Crippen molar-refractivity contribution in [3.63, 3.8) is 0 Å². The van der Waals surface area contributed by atoms with Crippen LogP contribution in [0, 0.1) is 12.8 Å². The Balaban J connectivity index is 0.00000144. The zero-order chi connectivity index (χ0) is 11.5. The number of hydrogen-bond acceptors (Lipinski definition) is 5. The van der Waals surface area contributed by atoms with Crippen molar-refractivity contribution in [2.45, 2.75) is 19.8 Å². The van der Waals surface area contributed by atoms with Crippen LogP contribution in [0.25, 0.3) is 0 Å². The van der Waals surface area contributed by atoms with Gasteiger partial charge in [0.1, 0.15) is 4.88 Å². The summed E-state index contributed by atoms with van der Waals surface area (Å²) in [5.41, 5.74) is 6.35. The lowest BCUT2D eigenvalue weighted by Crippen LogP contribution is -2.40. The van der Waals surface area contributed by atoms with Gasteiger partial charge in [-0.15, -0.1) is 17.5 Å². The zero-order valence-corrected chi connectivity index (χ0v) is 11.4. The van der Waals surface area contributed by atoms with Crippen molar-refractivity contribution in [3.05, 3.63) is 10.6 Å². The summed E-state index contributed by atoms with van der Waals surface area (Å²) in [4.78, 5) is 14.7. The van der Waals surface area contributed by atoms with E-state index in [0.29, 0.717) is 10.8 Å². The predicted molar refractivity (Wildman–Crippen MR) is 69.6 cm³/mol. The Morgan fingerprint density at radius 3 is 2.65 bits per heavy atom. The van der Waals surface area contributed by atoms with Gasteiger partial charge in [0.15, 0.2) is 0 Å². The molecule has 0 bridgehead atoms. The summed E-state index contributed by atoms with van der Waals surface area (Å²) in [6.07, 6.45) is 2.01. The third-order valence-electron chi connectivity index (χ3n) is 3.08. The summed E-state index contributed by atoms with van der Waals surface area (Å²) in [7, 11) is 0. The van der Waals surface area contributed by atoms with Crippen LogP contribution in [0.3, 0.4) is 0 Å². The van der Waals surface area contributed by atoms with Crippen molar-refractivity contribution in [1.29, 1.82) is 0 Å². The van der Waals surface area contributed by atoms with E-state index in [9.17, 15) is 4.79 Å². The molecule has 1 aromatic rings. The molecule has 1 fully saturated rings. The Bertz CT molecular complexity index is 376. The summed E-state index contributed by atoms with van der Waals surface area (Å²) < 4.78 is 3.79. The first-order valence-electron chi connectivity index (χ1n) is 5.50. The van der Waals surface area contributed by atoms with Gasteiger partial charge in [0, 0.05) is 13.1 Å². The summed E-state index contributed by atoms with van der Waals surface area (Å²) in [5.74, 6) is 0.646. The number of carbonyl (C=O) groups excluding carboxylic acids is 1. The van der Waals surface area contributed by atoms with Crippen LogP contribution in [0.4, 0.5) is 0 Å². The molecule has 1 amide bonds. The third kappa shape index (κ3) is 3.14. The zero-order valence-electron chi connectivity index (χ0n) is 9.76. The number of nitrogens with two attached hydrogens (primary N) is 1. The molecule has 96 valence electrons. The second kappa shape index (κ2) is 6.28. The van der Waals surface area contributed by atoms with Crippen LogP contribution in [-0.2, 0) is 0 Å². The molecule has 0 aromatic carbocycles. The summed E-state index contributed by atoms with van der Waals surface area (Å²) in [6.45, 7) is 4.16. The van der Waals surface area contributed by atoms with Crippen molar-refractivity contribution in [2.75, 3.05) is 19.6 Å². The number of carbonyl (C=O) groups is 1. The highest BCUT2D eigenvalue weighted by molar-refractivity contribution is 7.07. The topological polar surface area (TPSA) is 72.1 Å². The van der Waals surface area contributed by atoms with Gasteiger partial charge >= 0.3 is 0 Å². The van der Waals surface area contributed by atoms with Crippen molar-refractivity contribution in [1.82, 2.24) is 14.5 Å². The monoisotopic (exact) mass is 276 g/mol. The molecular formula is C10H17ClN4OS. The SMILES string of the molecule is Cc1nnsc1C(=O)N1CCC(CN)CC1.Cl. The van der Waals surface area contributed by atoms with E-state index in [-0.39, 0.29) is 18.3 Å². The van der Waals surface area contributed by atoms with Crippen LogP contribution >= 0.6 is 23.9 Å². The Hall–Kier alpha value is -0.720. The van der Waals surface area contributed by atoms with Gasteiger partial charge in [-0.2, -0.15) is 0 Å². The van der Waals surface area contributed by atoms with Crippen LogP contribution in [0.1, 0.15) is 28.2 Å². The van der Waals surface area contributed by atoms with Crippen molar-refractivity contribution >= 4 is 29.8 Å². The smallest absolute Gasteiger partial charge is 0.267 e. The van der Waals surface area contributed by atoms with E-state index in [1.165, 1.54) is 11.5 Å². The lowest BCUT2D eigenvalue weighted by molar-refractivity contribution is 0.0697. The maximum absolute atomic E-state index is 12.1. The minimum Gasteiger partial charge on any atom is -0.338 e. The fraction of sp³-hybridized carbons (Fsp3) is 0.700. The number of aromatic nitrogens is 2. The minimum atomic E-state index is 0. The highest BCUT2D eigenvalue weighted by atomic mass is 35.5. The lowest BCUT2D eigenvalue weighted by Gasteiger charge is -2.31.